The van der Waals surface area contributed by atoms with Crippen LogP contribution in [0.4, 0.5) is 0 Å². The first-order valence-corrected chi connectivity index (χ1v) is 8.58. The minimum atomic E-state index is -0.167. The summed E-state index contributed by atoms with van der Waals surface area (Å²) < 4.78 is 5.11. The third-order valence-electron chi connectivity index (χ3n) is 4.87. The molecule has 2 heterocycles. The predicted octanol–water partition coefficient (Wildman–Crippen LogP) is 1.62. The van der Waals surface area contributed by atoms with Gasteiger partial charge in [-0.3, -0.25) is 9.59 Å². The summed E-state index contributed by atoms with van der Waals surface area (Å²) in [6, 6.07) is 0. The molecule has 1 aromatic rings. The number of nitrogens with zero attached hydrogens (tertiary/aromatic N) is 2. The fourth-order valence-corrected chi connectivity index (χ4v) is 3.72. The van der Waals surface area contributed by atoms with Gasteiger partial charge in [-0.25, -0.2) is 4.98 Å². The molecule has 0 spiro atoms. The van der Waals surface area contributed by atoms with Gasteiger partial charge < -0.3 is 14.6 Å². The maximum Gasteiger partial charge on any atom is 0.310 e. The van der Waals surface area contributed by atoms with Crippen LogP contribution >= 0.6 is 0 Å². The third kappa shape index (κ3) is 3.41. The van der Waals surface area contributed by atoms with E-state index in [2.05, 4.69) is 9.97 Å². The SMILES string of the molecule is CCOC(=O)C1CCCN(C(=O)C2CCc3nc(C)[nH]c3C2)C1. The smallest absolute Gasteiger partial charge is 0.310 e. The van der Waals surface area contributed by atoms with E-state index in [9.17, 15) is 9.59 Å². The number of carbonyl (C=O) groups is 2. The summed E-state index contributed by atoms with van der Waals surface area (Å²) >= 11 is 0. The molecule has 6 nitrogen and oxygen atoms in total. The van der Waals surface area contributed by atoms with Gasteiger partial charge in [-0.05, 0) is 39.5 Å². The molecule has 2 aliphatic rings. The lowest BCUT2D eigenvalue weighted by atomic mass is 9.87. The average Bonchev–Trinajstić information content (AvgIpc) is 2.93. The molecule has 1 aliphatic carbocycles. The summed E-state index contributed by atoms with van der Waals surface area (Å²) in [6.07, 6.45) is 4.12. The van der Waals surface area contributed by atoms with E-state index < -0.39 is 0 Å². The molecule has 0 radical (unpaired) electrons. The van der Waals surface area contributed by atoms with Crippen molar-refractivity contribution in [2.45, 2.75) is 46.0 Å². The lowest BCUT2D eigenvalue weighted by Crippen LogP contribution is -2.46. The molecule has 1 N–H and O–H groups in total. The molecule has 126 valence electrons. The second kappa shape index (κ2) is 6.72. The molecule has 1 saturated heterocycles. The van der Waals surface area contributed by atoms with E-state index in [-0.39, 0.29) is 23.7 Å². The van der Waals surface area contributed by atoms with Crippen molar-refractivity contribution < 1.29 is 14.3 Å². The van der Waals surface area contributed by atoms with Crippen molar-refractivity contribution in [1.82, 2.24) is 14.9 Å². The zero-order valence-electron chi connectivity index (χ0n) is 13.9. The Morgan fingerprint density at radius 2 is 2.17 bits per heavy atom. The van der Waals surface area contributed by atoms with Gasteiger partial charge in [0.15, 0.2) is 0 Å². The Balaban J connectivity index is 1.63. The molecule has 0 bridgehead atoms. The van der Waals surface area contributed by atoms with Crippen molar-refractivity contribution >= 4 is 11.9 Å². The number of carbonyl (C=O) groups excluding carboxylic acids is 2. The molecule has 2 atom stereocenters. The number of imidazole rings is 1. The number of H-pyrrole nitrogens is 1. The van der Waals surface area contributed by atoms with Crippen LogP contribution < -0.4 is 0 Å². The van der Waals surface area contributed by atoms with Crippen molar-refractivity contribution in [3.05, 3.63) is 17.2 Å². The van der Waals surface area contributed by atoms with Gasteiger partial charge >= 0.3 is 5.97 Å². The van der Waals surface area contributed by atoms with E-state index in [1.54, 1.807) is 0 Å². The fraction of sp³-hybridized carbons (Fsp3) is 0.706. The lowest BCUT2D eigenvalue weighted by Gasteiger charge is -2.34. The zero-order valence-corrected chi connectivity index (χ0v) is 13.9. The van der Waals surface area contributed by atoms with Crippen molar-refractivity contribution in [2.24, 2.45) is 11.8 Å². The van der Waals surface area contributed by atoms with Crippen LogP contribution in [0.1, 0.15) is 43.4 Å². The third-order valence-corrected chi connectivity index (χ3v) is 4.87. The van der Waals surface area contributed by atoms with Crippen LogP contribution in [-0.2, 0) is 27.2 Å². The number of esters is 1. The Morgan fingerprint density at radius 3 is 2.96 bits per heavy atom. The first-order chi connectivity index (χ1) is 11.1. The van der Waals surface area contributed by atoms with Crippen LogP contribution in [0.3, 0.4) is 0 Å². The maximum atomic E-state index is 12.8. The second-order valence-electron chi connectivity index (χ2n) is 6.56. The second-order valence-corrected chi connectivity index (χ2v) is 6.56. The van der Waals surface area contributed by atoms with E-state index in [0.717, 1.165) is 55.9 Å². The molecule has 1 aliphatic heterocycles. The number of hydrogen-bond donors (Lipinski definition) is 1. The molecule has 0 saturated carbocycles. The minimum Gasteiger partial charge on any atom is -0.466 e. The lowest BCUT2D eigenvalue weighted by molar-refractivity contribution is -0.152. The summed E-state index contributed by atoms with van der Waals surface area (Å²) in [4.78, 5) is 34.4. The number of piperidine rings is 1. The number of nitrogens with one attached hydrogen (secondary N) is 1. The molecule has 23 heavy (non-hydrogen) atoms. The van der Waals surface area contributed by atoms with E-state index in [0.29, 0.717) is 13.2 Å². The first kappa shape index (κ1) is 16.0. The highest BCUT2D eigenvalue weighted by molar-refractivity contribution is 5.81. The van der Waals surface area contributed by atoms with Gasteiger partial charge in [-0.1, -0.05) is 0 Å². The number of fused-ring (bicyclic) bond motifs is 1. The van der Waals surface area contributed by atoms with Gasteiger partial charge in [0.2, 0.25) is 5.91 Å². The van der Waals surface area contributed by atoms with Crippen LogP contribution in [0.15, 0.2) is 0 Å². The van der Waals surface area contributed by atoms with Gasteiger partial charge in [0, 0.05) is 31.1 Å². The Labute approximate surface area is 136 Å². The number of aromatic amines is 1. The molecular weight excluding hydrogens is 294 g/mol. The number of aryl methyl sites for hydroxylation is 2. The van der Waals surface area contributed by atoms with Gasteiger partial charge in [0.25, 0.3) is 0 Å². The fourth-order valence-electron chi connectivity index (χ4n) is 3.72. The van der Waals surface area contributed by atoms with Crippen LogP contribution in [0.2, 0.25) is 0 Å². The number of hydrogen-bond acceptors (Lipinski definition) is 4. The Bertz CT molecular complexity index is 596. The molecule has 6 heteroatoms. The topological polar surface area (TPSA) is 75.3 Å². The first-order valence-electron chi connectivity index (χ1n) is 8.58. The average molecular weight is 319 g/mol. The molecule has 1 amide bonds. The van der Waals surface area contributed by atoms with Gasteiger partial charge in [0.05, 0.1) is 18.2 Å². The highest BCUT2D eigenvalue weighted by Crippen LogP contribution is 2.27. The summed E-state index contributed by atoms with van der Waals surface area (Å²) in [5.74, 6) is 0.768. The quantitative estimate of drug-likeness (QED) is 0.859. The van der Waals surface area contributed by atoms with E-state index >= 15 is 0 Å². The predicted molar refractivity (Wildman–Crippen MR) is 84.8 cm³/mol. The normalized spacial score (nSPS) is 24.2. The standard InChI is InChI=1S/C17H25N3O3/c1-3-23-17(22)13-5-4-8-20(10-13)16(21)12-6-7-14-15(9-12)19-11(2)18-14/h12-13H,3-10H2,1-2H3,(H,18,19). The van der Waals surface area contributed by atoms with Crippen LogP contribution in [0.25, 0.3) is 0 Å². The summed E-state index contributed by atoms with van der Waals surface area (Å²) in [7, 11) is 0. The number of ether oxygens (including phenoxy) is 1. The van der Waals surface area contributed by atoms with Crippen LogP contribution in [0.5, 0.6) is 0 Å². The van der Waals surface area contributed by atoms with Gasteiger partial charge in [-0.2, -0.15) is 0 Å². The van der Waals surface area contributed by atoms with Crippen molar-refractivity contribution in [2.75, 3.05) is 19.7 Å². The minimum absolute atomic E-state index is 0.00305. The number of amides is 1. The van der Waals surface area contributed by atoms with E-state index in [4.69, 9.17) is 4.74 Å². The van der Waals surface area contributed by atoms with Crippen LogP contribution in [-0.4, -0.2) is 46.4 Å². The Hall–Kier alpha value is -1.85. The summed E-state index contributed by atoms with van der Waals surface area (Å²) in [6.45, 7) is 5.41. The summed E-state index contributed by atoms with van der Waals surface area (Å²) in [5, 5.41) is 0. The van der Waals surface area contributed by atoms with Crippen molar-refractivity contribution in [1.29, 1.82) is 0 Å². The van der Waals surface area contributed by atoms with Crippen molar-refractivity contribution in [3.63, 3.8) is 0 Å². The number of likely N-dealkylation sites (tertiary alicyclic amines) is 1. The highest BCUT2D eigenvalue weighted by Gasteiger charge is 2.34. The number of rotatable bonds is 3. The highest BCUT2D eigenvalue weighted by atomic mass is 16.5. The molecule has 1 aromatic heterocycles. The number of aromatic nitrogens is 2. The molecule has 1 fully saturated rings. The molecular formula is C17H25N3O3. The van der Waals surface area contributed by atoms with E-state index in [1.807, 2.05) is 18.7 Å². The Morgan fingerprint density at radius 1 is 1.35 bits per heavy atom. The largest absolute Gasteiger partial charge is 0.466 e. The van der Waals surface area contributed by atoms with Crippen molar-refractivity contribution in [3.8, 4) is 0 Å². The maximum absolute atomic E-state index is 12.8. The molecule has 3 rings (SSSR count). The Kier molecular flexibility index (Phi) is 4.68. The zero-order chi connectivity index (χ0) is 16.4. The van der Waals surface area contributed by atoms with E-state index in [1.165, 1.54) is 0 Å². The van der Waals surface area contributed by atoms with Gasteiger partial charge in [0.1, 0.15) is 5.82 Å². The summed E-state index contributed by atoms with van der Waals surface area (Å²) in [5.41, 5.74) is 2.21. The van der Waals surface area contributed by atoms with Crippen LogP contribution in [0, 0.1) is 18.8 Å². The van der Waals surface area contributed by atoms with Gasteiger partial charge in [-0.15, -0.1) is 0 Å². The molecule has 0 aromatic carbocycles. The monoisotopic (exact) mass is 319 g/mol. The molecule has 2 unspecified atom stereocenters.